The minimum Gasteiger partial charge on any atom is -0.337 e. The molecule has 0 aliphatic rings. The van der Waals surface area contributed by atoms with Gasteiger partial charge in [0.1, 0.15) is 6.04 Å². The molecular formula is C18H13F3N6O. The number of tetrazole rings is 1. The van der Waals surface area contributed by atoms with Crippen LogP contribution in [0.3, 0.4) is 0 Å². The minimum absolute atomic E-state index is 0.0701. The van der Waals surface area contributed by atoms with E-state index in [4.69, 9.17) is 4.52 Å². The van der Waals surface area contributed by atoms with Crippen LogP contribution in [0.4, 0.5) is 13.2 Å². The SMILES string of the molecule is CC(c1nc(-c2ccccc2)no1)n1nnc(-c2cccc(C(F)(F)F)c2)n1. The van der Waals surface area contributed by atoms with Crippen LogP contribution in [0.15, 0.2) is 59.1 Å². The number of alkyl halides is 3. The lowest BCUT2D eigenvalue weighted by Gasteiger charge is -2.06. The molecule has 10 heteroatoms. The maximum atomic E-state index is 12.9. The highest BCUT2D eigenvalue weighted by molar-refractivity contribution is 5.55. The second-order valence-electron chi connectivity index (χ2n) is 6.01. The van der Waals surface area contributed by atoms with Gasteiger partial charge in [0.2, 0.25) is 11.6 Å². The zero-order valence-electron chi connectivity index (χ0n) is 14.5. The second-order valence-corrected chi connectivity index (χ2v) is 6.01. The van der Waals surface area contributed by atoms with Gasteiger partial charge in [0.15, 0.2) is 0 Å². The highest BCUT2D eigenvalue weighted by atomic mass is 19.4. The van der Waals surface area contributed by atoms with Crippen molar-refractivity contribution in [1.29, 1.82) is 0 Å². The maximum absolute atomic E-state index is 12.9. The number of hydrogen-bond donors (Lipinski definition) is 0. The van der Waals surface area contributed by atoms with E-state index >= 15 is 0 Å². The lowest BCUT2D eigenvalue weighted by atomic mass is 10.1. The maximum Gasteiger partial charge on any atom is 0.416 e. The van der Waals surface area contributed by atoms with Crippen molar-refractivity contribution in [2.24, 2.45) is 0 Å². The van der Waals surface area contributed by atoms with Crippen LogP contribution in [0.5, 0.6) is 0 Å². The molecule has 1 atom stereocenters. The van der Waals surface area contributed by atoms with E-state index in [1.165, 1.54) is 16.9 Å². The molecule has 1 unspecified atom stereocenters. The molecule has 2 aromatic heterocycles. The fourth-order valence-corrected chi connectivity index (χ4v) is 2.55. The highest BCUT2D eigenvalue weighted by Crippen LogP contribution is 2.31. The van der Waals surface area contributed by atoms with Gasteiger partial charge in [-0.15, -0.1) is 10.2 Å². The second kappa shape index (κ2) is 6.87. The molecule has 4 aromatic rings. The molecule has 0 aliphatic heterocycles. The van der Waals surface area contributed by atoms with Gasteiger partial charge in [0.25, 0.3) is 5.89 Å². The average molecular weight is 386 g/mol. The van der Waals surface area contributed by atoms with E-state index in [-0.39, 0.29) is 17.3 Å². The van der Waals surface area contributed by atoms with E-state index in [0.29, 0.717) is 5.82 Å². The molecule has 28 heavy (non-hydrogen) atoms. The summed E-state index contributed by atoms with van der Waals surface area (Å²) in [6.07, 6.45) is -4.45. The van der Waals surface area contributed by atoms with Crippen molar-refractivity contribution in [3.8, 4) is 22.8 Å². The van der Waals surface area contributed by atoms with Crippen molar-refractivity contribution in [1.82, 2.24) is 30.3 Å². The standard InChI is InChI=1S/C18H13F3N6O/c1-11(17-22-15(25-28-17)12-6-3-2-4-7-12)27-24-16(23-26-27)13-8-5-9-14(10-13)18(19,20)21/h2-11H,1H3. The fraction of sp³-hybridized carbons (Fsp3) is 0.167. The average Bonchev–Trinajstić information content (AvgIpc) is 3.38. The van der Waals surface area contributed by atoms with Crippen LogP contribution >= 0.6 is 0 Å². The Labute approximate surface area is 156 Å². The van der Waals surface area contributed by atoms with Gasteiger partial charge in [0.05, 0.1) is 5.56 Å². The summed E-state index contributed by atoms with van der Waals surface area (Å²) in [6.45, 7) is 1.72. The third kappa shape index (κ3) is 3.48. The van der Waals surface area contributed by atoms with E-state index in [1.54, 1.807) is 6.92 Å². The molecule has 2 aromatic carbocycles. The van der Waals surface area contributed by atoms with Crippen LogP contribution in [0, 0.1) is 0 Å². The van der Waals surface area contributed by atoms with E-state index in [2.05, 4.69) is 25.6 Å². The van der Waals surface area contributed by atoms with Crippen LogP contribution in [0.1, 0.15) is 24.4 Å². The van der Waals surface area contributed by atoms with Crippen molar-refractivity contribution in [2.45, 2.75) is 19.1 Å². The summed E-state index contributed by atoms with van der Waals surface area (Å²) in [4.78, 5) is 5.55. The first-order valence-corrected chi connectivity index (χ1v) is 8.28. The quantitative estimate of drug-likeness (QED) is 0.527. The van der Waals surface area contributed by atoms with Crippen molar-refractivity contribution < 1.29 is 17.7 Å². The van der Waals surface area contributed by atoms with Gasteiger partial charge in [-0.05, 0) is 24.3 Å². The summed E-state index contributed by atoms with van der Waals surface area (Å²) in [5, 5.41) is 15.9. The lowest BCUT2D eigenvalue weighted by Crippen LogP contribution is -2.11. The van der Waals surface area contributed by atoms with E-state index in [0.717, 1.165) is 17.7 Å². The number of halogens is 3. The fourth-order valence-electron chi connectivity index (χ4n) is 2.55. The van der Waals surface area contributed by atoms with Gasteiger partial charge in [-0.2, -0.15) is 23.0 Å². The molecule has 0 fully saturated rings. The number of hydrogen-bond acceptors (Lipinski definition) is 6. The van der Waals surface area contributed by atoms with Crippen molar-refractivity contribution in [2.75, 3.05) is 0 Å². The molecule has 0 spiro atoms. The molecule has 7 nitrogen and oxygen atoms in total. The minimum atomic E-state index is -4.45. The lowest BCUT2D eigenvalue weighted by molar-refractivity contribution is -0.137. The Bertz CT molecular complexity index is 1090. The van der Waals surface area contributed by atoms with Crippen LogP contribution in [0.2, 0.25) is 0 Å². The highest BCUT2D eigenvalue weighted by Gasteiger charge is 2.31. The largest absolute Gasteiger partial charge is 0.416 e. The summed E-state index contributed by atoms with van der Waals surface area (Å²) in [6, 6.07) is 13.5. The zero-order chi connectivity index (χ0) is 19.7. The summed E-state index contributed by atoms with van der Waals surface area (Å²) < 4.78 is 43.9. The Kier molecular flexibility index (Phi) is 4.38. The van der Waals surface area contributed by atoms with Gasteiger partial charge in [-0.1, -0.05) is 47.6 Å². The number of rotatable bonds is 4. The van der Waals surface area contributed by atoms with E-state index in [1.807, 2.05) is 30.3 Å². The van der Waals surface area contributed by atoms with Crippen LogP contribution in [-0.4, -0.2) is 30.3 Å². The molecule has 0 saturated carbocycles. The topological polar surface area (TPSA) is 82.5 Å². The molecular weight excluding hydrogens is 373 g/mol. The Hall–Kier alpha value is -3.56. The molecule has 0 aliphatic carbocycles. The monoisotopic (exact) mass is 386 g/mol. The summed E-state index contributed by atoms with van der Waals surface area (Å²) in [7, 11) is 0. The van der Waals surface area contributed by atoms with Gasteiger partial charge < -0.3 is 4.52 Å². The zero-order valence-corrected chi connectivity index (χ0v) is 14.5. The Balaban J connectivity index is 1.59. The molecule has 0 N–H and O–H groups in total. The van der Waals surface area contributed by atoms with Crippen LogP contribution in [0.25, 0.3) is 22.8 Å². The third-order valence-corrected chi connectivity index (χ3v) is 4.05. The molecule has 0 amide bonds. The summed E-state index contributed by atoms with van der Waals surface area (Å²) >= 11 is 0. The Morgan fingerprint density at radius 1 is 0.964 bits per heavy atom. The third-order valence-electron chi connectivity index (χ3n) is 4.05. The van der Waals surface area contributed by atoms with Crippen molar-refractivity contribution >= 4 is 0 Å². The van der Waals surface area contributed by atoms with Crippen molar-refractivity contribution in [3.63, 3.8) is 0 Å². The number of nitrogens with zero attached hydrogens (tertiary/aromatic N) is 6. The van der Waals surface area contributed by atoms with Gasteiger partial charge in [0, 0.05) is 11.1 Å². The smallest absolute Gasteiger partial charge is 0.337 e. The first-order chi connectivity index (χ1) is 13.4. The van der Waals surface area contributed by atoms with Crippen LogP contribution < -0.4 is 0 Å². The summed E-state index contributed by atoms with van der Waals surface area (Å²) in [5.74, 6) is 0.744. The normalized spacial score (nSPS) is 12.9. The number of benzene rings is 2. The predicted octanol–water partition coefficient (Wildman–Crippen LogP) is 4.02. The van der Waals surface area contributed by atoms with E-state index in [9.17, 15) is 13.2 Å². The van der Waals surface area contributed by atoms with Gasteiger partial charge >= 0.3 is 6.18 Å². The Morgan fingerprint density at radius 2 is 1.71 bits per heavy atom. The van der Waals surface area contributed by atoms with Gasteiger partial charge in [-0.3, -0.25) is 0 Å². The van der Waals surface area contributed by atoms with Crippen LogP contribution in [-0.2, 0) is 6.18 Å². The molecule has 142 valence electrons. The van der Waals surface area contributed by atoms with Gasteiger partial charge in [-0.25, -0.2) is 0 Å². The van der Waals surface area contributed by atoms with E-state index < -0.39 is 17.8 Å². The predicted molar refractivity (Wildman–Crippen MR) is 91.8 cm³/mol. The first kappa shape index (κ1) is 17.8. The molecule has 0 bridgehead atoms. The molecule has 2 heterocycles. The number of aromatic nitrogens is 6. The molecule has 4 rings (SSSR count). The molecule has 0 saturated heterocycles. The molecule has 0 radical (unpaired) electrons. The summed E-state index contributed by atoms with van der Waals surface area (Å²) in [5.41, 5.74) is 0.225. The Morgan fingerprint density at radius 3 is 2.46 bits per heavy atom. The van der Waals surface area contributed by atoms with Crippen molar-refractivity contribution in [3.05, 3.63) is 66.1 Å². The first-order valence-electron chi connectivity index (χ1n) is 8.28.